The molecule has 0 spiro atoms. The Morgan fingerprint density at radius 1 is 1.13 bits per heavy atom. The van der Waals surface area contributed by atoms with Gasteiger partial charge in [-0.05, 0) is 30.2 Å². The van der Waals surface area contributed by atoms with Crippen LogP contribution in [0.2, 0.25) is 0 Å². The number of carbonyl (C=O) groups excluding carboxylic acids is 1. The van der Waals surface area contributed by atoms with Gasteiger partial charge in [0.15, 0.2) is 6.61 Å². The highest BCUT2D eigenvalue weighted by atomic mass is 16.5. The minimum Gasteiger partial charge on any atom is -0.484 e. The predicted molar refractivity (Wildman–Crippen MR) is 91.7 cm³/mol. The van der Waals surface area contributed by atoms with Gasteiger partial charge in [-0.15, -0.1) is 0 Å². The fourth-order valence-corrected chi connectivity index (χ4v) is 2.44. The number of ether oxygens (including phenoxy) is 1. The summed E-state index contributed by atoms with van der Waals surface area (Å²) >= 11 is 0. The molecule has 1 atom stereocenters. The number of nitrogens with one attached hydrogen (secondary N) is 2. The van der Waals surface area contributed by atoms with Gasteiger partial charge in [0.2, 0.25) is 0 Å². The molecule has 0 aromatic heterocycles. The molecule has 4 nitrogen and oxygen atoms in total. The highest BCUT2D eigenvalue weighted by Gasteiger charge is 2.17. The molecular weight excluding hydrogens is 288 g/mol. The minimum absolute atomic E-state index is 0.0187. The Kier molecular flexibility index (Phi) is 6.18. The van der Waals surface area contributed by atoms with Gasteiger partial charge in [0.05, 0.1) is 14.1 Å². The second kappa shape index (κ2) is 8.34. The quantitative estimate of drug-likeness (QED) is 0.811. The second-order valence-corrected chi connectivity index (χ2v) is 6.05. The molecule has 0 bridgehead atoms. The normalized spacial score (nSPS) is 12.0. The van der Waals surface area contributed by atoms with Crippen LogP contribution in [0.15, 0.2) is 54.6 Å². The van der Waals surface area contributed by atoms with Gasteiger partial charge in [-0.25, -0.2) is 0 Å². The third-order valence-electron chi connectivity index (χ3n) is 3.51. The molecular formula is C19H25N2O2+. The summed E-state index contributed by atoms with van der Waals surface area (Å²) in [5.41, 5.74) is 2.22. The van der Waals surface area contributed by atoms with Crippen molar-refractivity contribution in [3.63, 3.8) is 0 Å². The molecule has 2 aromatic rings. The smallest absolute Gasteiger partial charge is 0.258 e. The first-order valence-electron chi connectivity index (χ1n) is 7.87. The molecule has 2 rings (SSSR count). The van der Waals surface area contributed by atoms with Crippen molar-refractivity contribution in [1.29, 1.82) is 0 Å². The molecule has 0 saturated carbocycles. The van der Waals surface area contributed by atoms with Crippen molar-refractivity contribution in [2.24, 2.45) is 0 Å². The third kappa shape index (κ3) is 5.75. The number of hydrogen-bond donors (Lipinski definition) is 2. The maximum atomic E-state index is 12.2. The monoisotopic (exact) mass is 313 g/mol. The van der Waals surface area contributed by atoms with Crippen molar-refractivity contribution in [3.8, 4) is 5.75 Å². The number of rotatable bonds is 7. The van der Waals surface area contributed by atoms with Crippen LogP contribution in [0.3, 0.4) is 0 Å². The minimum atomic E-state index is -0.110. The van der Waals surface area contributed by atoms with Crippen LogP contribution in [0, 0.1) is 6.92 Å². The summed E-state index contributed by atoms with van der Waals surface area (Å²) in [7, 11) is 4.15. The number of quaternary nitrogens is 1. The first kappa shape index (κ1) is 17.0. The Labute approximate surface area is 138 Å². The molecule has 2 N–H and O–H groups in total. The van der Waals surface area contributed by atoms with Gasteiger partial charge >= 0.3 is 0 Å². The van der Waals surface area contributed by atoms with Crippen molar-refractivity contribution in [3.05, 3.63) is 65.7 Å². The SMILES string of the molecule is Cc1cccc(OCC(=O)N[C@H](C[NH+](C)C)c2ccccc2)c1. The molecule has 0 saturated heterocycles. The summed E-state index contributed by atoms with van der Waals surface area (Å²) in [5, 5.41) is 3.06. The number of benzene rings is 2. The van der Waals surface area contributed by atoms with Crippen LogP contribution in [0.1, 0.15) is 17.2 Å². The Morgan fingerprint density at radius 3 is 2.52 bits per heavy atom. The summed E-state index contributed by atoms with van der Waals surface area (Å²) in [5.74, 6) is 0.608. The van der Waals surface area contributed by atoms with Gasteiger partial charge in [-0.1, -0.05) is 42.5 Å². The molecule has 0 aliphatic rings. The molecule has 0 unspecified atom stereocenters. The average molecular weight is 313 g/mol. The average Bonchev–Trinajstić information content (AvgIpc) is 2.53. The van der Waals surface area contributed by atoms with Crippen LogP contribution in [0.25, 0.3) is 0 Å². The zero-order valence-electron chi connectivity index (χ0n) is 14.0. The van der Waals surface area contributed by atoms with Gasteiger partial charge in [-0.3, -0.25) is 4.79 Å². The Bertz CT molecular complexity index is 626. The topological polar surface area (TPSA) is 42.8 Å². The number of aryl methyl sites for hydroxylation is 1. The first-order valence-corrected chi connectivity index (χ1v) is 7.87. The zero-order valence-corrected chi connectivity index (χ0v) is 14.0. The van der Waals surface area contributed by atoms with Gasteiger partial charge in [-0.2, -0.15) is 0 Å². The van der Waals surface area contributed by atoms with Gasteiger partial charge in [0, 0.05) is 0 Å². The lowest BCUT2D eigenvalue weighted by Gasteiger charge is -2.21. The predicted octanol–water partition coefficient (Wildman–Crippen LogP) is 1.38. The largest absolute Gasteiger partial charge is 0.484 e. The fraction of sp³-hybridized carbons (Fsp3) is 0.316. The fourth-order valence-electron chi connectivity index (χ4n) is 2.44. The van der Waals surface area contributed by atoms with Crippen molar-refractivity contribution in [2.45, 2.75) is 13.0 Å². The molecule has 0 aliphatic heterocycles. The number of likely N-dealkylation sites (N-methyl/N-ethyl adjacent to an activating group) is 1. The molecule has 0 radical (unpaired) electrons. The molecule has 0 heterocycles. The maximum Gasteiger partial charge on any atom is 0.258 e. The highest BCUT2D eigenvalue weighted by molar-refractivity contribution is 5.78. The highest BCUT2D eigenvalue weighted by Crippen LogP contribution is 2.13. The Hall–Kier alpha value is -2.33. The summed E-state index contributed by atoms with van der Waals surface area (Å²) in [6.45, 7) is 2.84. The molecule has 2 aromatic carbocycles. The molecule has 23 heavy (non-hydrogen) atoms. The van der Waals surface area contributed by atoms with E-state index >= 15 is 0 Å². The van der Waals surface area contributed by atoms with Crippen LogP contribution in [-0.4, -0.2) is 33.2 Å². The van der Waals surface area contributed by atoms with Crippen molar-refractivity contribution in [1.82, 2.24) is 5.32 Å². The second-order valence-electron chi connectivity index (χ2n) is 6.05. The molecule has 122 valence electrons. The summed E-state index contributed by atoms with van der Waals surface area (Å²) < 4.78 is 5.57. The van der Waals surface area contributed by atoms with E-state index in [0.717, 1.165) is 23.4 Å². The number of hydrogen-bond acceptors (Lipinski definition) is 2. The van der Waals surface area contributed by atoms with E-state index in [1.165, 1.54) is 4.90 Å². The Balaban J connectivity index is 1.95. The van der Waals surface area contributed by atoms with Gasteiger partial charge < -0.3 is 15.0 Å². The van der Waals surface area contributed by atoms with Crippen LogP contribution in [-0.2, 0) is 4.79 Å². The summed E-state index contributed by atoms with van der Waals surface area (Å²) in [6.07, 6.45) is 0. The standard InChI is InChI=1S/C19H24N2O2/c1-15-8-7-11-17(12-15)23-14-19(22)20-18(13-21(2)3)16-9-5-4-6-10-16/h4-12,18H,13-14H2,1-3H3,(H,20,22)/p+1/t18-/m1/s1. The third-order valence-corrected chi connectivity index (χ3v) is 3.51. The van der Waals surface area contributed by atoms with Crippen LogP contribution >= 0.6 is 0 Å². The lowest BCUT2D eigenvalue weighted by atomic mass is 10.1. The van der Waals surface area contributed by atoms with E-state index < -0.39 is 0 Å². The van der Waals surface area contributed by atoms with E-state index in [1.54, 1.807) is 0 Å². The van der Waals surface area contributed by atoms with Crippen molar-refractivity contribution in [2.75, 3.05) is 27.2 Å². The Morgan fingerprint density at radius 2 is 1.87 bits per heavy atom. The summed E-state index contributed by atoms with van der Waals surface area (Å²) in [4.78, 5) is 13.5. The molecule has 1 amide bonds. The first-order chi connectivity index (χ1) is 11.0. The molecule has 0 aliphatic carbocycles. The van der Waals surface area contributed by atoms with E-state index in [1.807, 2.05) is 61.5 Å². The molecule has 0 fully saturated rings. The summed E-state index contributed by atoms with van der Waals surface area (Å²) in [6, 6.07) is 17.7. The zero-order chi connectivity index (χ0) is 16.7. The van der Waals surface area contributed by atoms with E-state index in [2.05, 4.69) is 19.4 Å². The van der Waals surface area contributed by atoms with E-state index in [9.17, 15) is 4.79 Å². The lowest BCUT2D eigenvalue weighted by molar-refractivity contribution is -0.860. The van der Waals surface area contributed by atoms with E-state index in [4.69, 9.17) is 4.74 Å². The van der Waals surface area contributed by atoms with Crippen LogP contribution in [0.4, 0.5) is 0 Å². The van der Waals surface area contributed by atoms with E-state index in [0.29, 0.717) is 0 Å². The maximum absolute atomic E-state index is 12.2. The van der Waals surface area contributed by atoms with Crippen molar-refractivity contribution < 1.29 is 14.4 Å². The van der Waals surface area contributed by atoms with Gasteiger partial charge in [0.25, 0.3) is 5.91 Å². The molecule has 4 heteroatoms. The van der Waals surface area contributed by atoms with Gasteiger partial charge in [0.1, 0.15) is 18.3 Å². The van der Waals surface area contributed by atoms with Crippen molar-refractivity contribution >= 4 is 5.91 Å². The lowest BCUT2D eigenvalue weighted by Crippen LogP contribution is -3.06. The van der Waals surface area contributed by atoms with Crippen LogP contribution < -0.4 is 15.0 Å². The number of carbonyl (C=O) groups is 1. The van der Waals surface area contributed by atoms with Crippen LogP contribution in [0.5, 0.6) is 5.75 Å². The van der Waals surface area contributed by atoms with E-state index in [-0.39, 0.29) is 18.6 Å². The number of amides is 1.